The van der Waals surface area contributed by atoms with Gasteiger partial charge in [0.05, 0.1) is 24.3 Å². The summed E-state index contributed by atoms with van der Waals surface area (Å²) in [5.74, 6) is 1.16. The lowest BCUT2D eigenvalue weighted by atomic mass is 10.1. The topological polar surface area (TPSA) is 60.7 Å². The maximum absolute atomic E-state index is 9.17. The highest BCUT2D eigenvalue weighted by Gasteiger charge is 2.14. The van der Waals surface area contributed by atoms with Crippen molar-refractivity contribution in [3.63, 3.8) is 0 Å². The fraction of sp³-hybridized carbons (Fsp3) is 0.357. The molecule has 0 spiro atoms. The summed E-state index contributed by atoms with van der Waals surface area (Å²) in [6.45, 7) is 0. The standard InChI is InChI=1S/C14H16BrNO4/c1-17-12-7-9(6-11(15)13(12)18-2)5-10(8-16)14(19-3)20-4/h5-7,14H,1-4H3/b10-5+. The third-order valence-corrected chi connectivity index (χ3v) is 3.18. The first-order valence-electron chi connectivity index (χ1n) is 5.70. The minimum atomic E-state index is -0.702. The molecule has 0 amide bonds. The van der Waals surface area contributed by atoms with Gasteiger partial charge in [0.2, 0.25) is 0 Å². The number of nitrogens with zero attached hydrogens (tertiary/aromatic N) is 1. The molecule has 0 saturated carbocycles. The maximum atomic E-state index is 9.17. The van der Waals surface area contributed by atoms with E-state index >= 15 is 0 Å². The number of ether oxygens (including phenoxy) is 4. The molecule has 0 fully saturated rings. The van der Waals surface area contributed by atoms with E-state index in [0.29, 0.717) is 17.1 Å². The number of halogens is 1. The summed E-state index contributed by atoms with van der Waals surface area (Å²) in [5.41, 5.74) is 1.12. The smallest absolute Gasteiger partial charge is 0.193 e. The lowest BCUT2D eigenvalue weighted by molar-refractivity contribution is -0.0712. The lowest BCUT2D eigenvalue weighted by Gasteiger charge is -2.13. The van der Waals surface area contributed by atoms with Gasteiger partial charge in [-0.3, -0.25) is 0 Å². The van der Waals surface area contributed by atoms with E-state index in [4.69, 9.17) is 18.9 Å². The van der Waals surface area contributed by atoms with Crippen LogP contribution in [0.2, 0.25) is 0 Å². The minimum Gasteiger partial charge on any atom is -0.493 e. The van der Waals surface area contributed by atoms with E-state index in [9.17, 15) is 5.26 Å². The summed E-state index contributed by atoms with van der Waals surface area (Å²) < 4.78 is 21.4. The van der Waals surface area contributed by atoms with Crippen molar-refractivity contribution in [3.05, 3.63) is 27.7 Å². The van der Waals surface area contributed by atoms with E-state index in [1.54, 1.807) is 26.4 Å². The van der Waals surface area contributed by atoms with Crippen molar-refractivity contribution in [2.24, 2.45) is 0 Å². The molecule has 1 aromatic carbocycles. The van der Waals surface area contributed by atoms with Gasteiger partial charge in [-0.1, -0.05) is 0 Å². The Balaban J connectivity index is 3.27. The van der Waals surface area contributed by atoms with Gasteiger partial charge in [-0.05, 0) is 39.7 Å². The Kier molecular flexibility index (Phi) is 6.52. The van der Waals surface area contributed by atoms with Gasteiger partial charge >= 0.3 is 0 Å². The molecular formula is C14H16BrNO4. The summed E-state index contributed by atoms with van der Waals surface area (Å²) in [6, 6.07) is 5.65. The Bertz CT molecular complexity index is 533. The average Bonchev–Trinajstić information content (AvgIpc) is 2.46. The van der Waals surface area contributed by atoms with Gasteiger partial charge in [0.25, 0.3) is 0 Å². The first-order chi connectivity index (χ1) is 9.60. The molecule has 0 aliphatic rings. The molecule has 0 aliphatic heterocycles. The number of nitriles is 1. The van der Waals surface area contributed by atoms with E-state index < -0.39 is 6.29 Å². The minimum absolute atomic E-state index is 0.356. The molecule has 1 aromatic rings. The normalized spacial score (nSPS) is 11.3. The van der Waals surface area contributed by atoms with Gasteiger partial charge in [0.1, 0.15) is 6.07 Å². The van der Waals surface area contributed by atoms with Crippen LogP contribution in [0.3, 0.4) is 0 Å². The van der Waals surface area contributed by atoms with E-state index in [-0.39, 0.29) is 0 Å². The fourth-order valence-electron chi connectivity index (χ4n) is 1.70. The molecule has 0 N–H and O–H groups in total. The Labute approximate surface area is 126 Å². The van der Waals surface area contributed by atoms with Crippen LogP contribution in [0, 0.1) is 11.3 Å². The average molecular weight is 342 g/mol. The molecule has 5 nitrogen and oxygen atoms in total. The highest BCUT2D eigenvalue weighted by molar-refractivity contribution is 9.10. The zero-order valence-corrected chi connectivity index (χ0v) is 13.4. The summed E-state index contributed by atoms with van der Waals surface area (Å²) in [5, 5.41) is 9.17. The molecule has 0 unspecified atom stereocenters. The Morgan fingerprint density at radius 1 is 1.20 bits per heavy atom. The first kappa shape index (κ1) is 16.5. The van der Waals surface area contributed by atoms with E-state index in [1.807, 2.05) is 6.07 Å². The first-order valence-corrected chi connectivity index (χ1v) is 6.49. The third-order valence-electron chi connectivity index (χ3n) is 2.59. The van der Waals surface area contributed by atoms with Crippen LogP contribution >= 0.6 is 15.9 Å². The van der Waals surface area contributed by atoms with Gasteiger partial charge < -0.3 is 18.9 Å². The largest absolute Gasteiger partial charge is 0.493 e. The van der Waals surface area contributed by atoms with E-state index in [1.165, 1.54) is 14.2 Å². The molecular weight excluding hydrogens is 326 g/mol. The number of benzene rings is 1. The molecule has 108 valence electrons. The molecule has 0 saturated heterocycles. The summed E-state index contributed by atoms with van der Waals surface area (Å²) >= 11 is 3.40. The number of rotatable bonds is 6. The molecule has 0 bridgehead atoms. The summed E-state index contributed by atoms with van der Waals surface area (Å²) in [4.78, 5) is 0. The van der Waals surface area contributed by atoms with Gasteiger partial charge in [0, 0.05) is 14.2 Å². The lowest BCUT2D eigenvalue weighted by Crippen LogP contribution is -2.14. The Hall–Kier alpha value is -1.55. The van der Waals surface area contributed by atoms with Gasteiger partial charge in [-0.25, -0.2) is 0 Å². The summed E-state index contributed by atoms with van der Waals surface area (Å²) in [6.07, 6.45) is 0.969. The van der Waals surface area contributed by atoms with Crippen molar-refractivity contribution in [1.82, 2.24) is 0 Å². The van der Waals surface area contributed by atoms with Gasteiger partial charge in [-0.2, -0.15) is 5.26 Å². The van der Waals surface area contributed by atoms with Crippen LogP contribution in [0.5, 0.6) is 11.5 Å². The van der Waals surface area contributed by atoms with E-state index in [0.717, 1.165) is 10.0 Å². The van der Waals surface area contributed by atoms with Crippen LogP contribution in [0.4, 0.5) is 0 Å². The number of methoxy groups -OCH3 is 4. The van der Waals surface area contributed by atoms with Gasteiger partial charge in [0.15, 0.2) is 17.8 Å². The second-order valence-electron chi connectivity index (χ2n) is 3.75. The monoisotopic (exact) mass is 341 g/mol. The summed E-state index contributed by atoms with van der Waals surface area (Å²) in [7, 11) is 6.06. The Morgan fingerprint density at radius 3 is 2.30 bits per heavy atom. The van der Waals surface area contributed by atoms with Crippen LogP contribution in [0.15, 0.2) is 22.2 Å². The van der Waals surface area contributed by atoms with Crippen molar-refractivity contribution >= 4 is 22.0 Å². The Morgan fingerprint density at radius 2 is 1.85 bits per heavy atom. The highest BCUT2D eigenvalue weighted by Crippen LogP contribution is 2.36. The van der Waals surface area contributed by atoms with Crippen molar-refractivity contribution < 1.29 is 18.9 Å². The molecule has 20 heavy (non-hydrogen) atoms. The maximum Gasteiger partial charge on any atom is 0.193 e. The van der Waals surface area contributed by atoms with Crippen LogP contribution in [-0.2, 0) is 9.47 Å². The molecule has 0 radical (unpaired) electrons. The molecule has 1 rings (SSSR count). The number of hydrogen-bond acceptors (Lipinski definition) is 5. The van der Waals surface area contributed by atoms with Gasteiger partial charge in [-0.15, -0.1) is 0 Å². The van der Waals surface area contributed by atoms with Crippen molar-refractivity contribution in [2.45, 2.75) is 6.29 Å². The van der Waals surface area contributed by atoms with Crippen molar-refractivity contribution in [3.8, 4) is 17.6 Å². The van der Waals surface area contributed by atoms with Crippen molar-refractivity contribution in [1.29, 1.82) is 5.26 Å². The highest BCUT2D eigenvalue weighted by atomic mass is 79.9. The van der Waals surface area contributed by atoms with Crippen LogP contribution in [-0.4, -0.2) is 34.7 Å². The third kappa shape index (κ3) is 3.73. The van der Waals surface area contributed by atoms with Crippen LogP contribution in [0.1, 0.15) is 5.56 Å². The number of hydrogen-bond donors (Lipinski definition) is 0. The zero-order chi connectivity index (χ0) is 15.1. The molecule has 0 aromatic heterocycles. The second kappa shape index (κ2) is 7.90. The molecule has 0 aliphatic carbocycles. The van der Waals surface area contributed by atoms with Crippen molar-refractivity contribution in [2.75, 3.05) is 28.4 Å². The van der Waals surface area contributed by atoms with Crippen LogP contribution < -0.4 is 9.47 Å². The quantitative estimate of drug-likeness (QED) is 0.588. The predicted molar refractivity (Wildman–Crippen MR) is 78.6 cm³/mol. The molecule has 6 heteroatoms. The van der Waals surface area contributed by atoms with Crippen LogP contribution in [0.25, 0.3) is 6.08 Å². The predicted octanol–water partition coefficient (Wildman–Crippen LogP) is 2.99. The zero-order valence-electron chi connectivity index (χ0n) is 11.8. The SMILES string of the molecule is COc1cc(/C=C(\C#N)C(OC)OC)cc(Br)c1OC. The van der Waals surface area contributed by atoms with E-state index in [2.05, 4.69) is 22.0 Å². The molecule has 0 heterocycles. The fourth-order valence-corrected chi connectivity index (χ4v) is 2.33. The second-order valence-corrected chi connectivity index (χ2v) is 4.61. The molecule has 0 atom stereocenters.